The van der Waals surface area contributed by atoms with Crippen molar-refractivity contribution < 1.29 is 14.3 Å². The summed E-state index contributed by atoms with van der Waals surface area (Å²) in [5.74, 6) is 0.797. The number of hydrazone groups is 1. The molecule has 7 nitrogen and oxygen atoms in total. The molecule has 2 aromatic carbocycles. The van der Waals surface area contributed by atoms with Crippen molar-refractivity contribution in [3.05, 3.63) is 63.8 Å². The van der Waals surface area contributed by atoms with Crippen molar-refractivity contribution in [3.8, 4) is 22.8 Å². The molecule has 2 N–H and O–H groups in total. The van der Waals surface area contributed by atoms with Gasteiger partial charge in [0.15, 0.2) is 11.5 Å². The van der Waals surface area contributed by atoms with Crippen LogP contribution in [0, 0.1) is 0 Å². The molecule has 0 fully saturated rings. The summed E-state index contributed by atoms with van der Waals surface area (Å²) in [5.41, 5.74) is 5.02. The normalized spacial score (nSPS) is 10.9. The SMILES string of the molecule is COc1ccc(-c2[nH]ncc2/C=N\NC(=O)c2ccc(Cl)c(Cl)c2)cc1OC. The Morgan fingerprint density at radius 1 is 1.11 bits per heavy atom. The highest BCUT2D eigenvalue weighted by atomic mass is 35.5. The molecular weight excluding hydrogens is 403 g/mol. The van der Waals surface area contributed by atoms with E-state index in [0.29, 0.717) is 38.4 Å². The van der Waals surface area contributed by atoms with E-state index < -0.39 is 5.91 Å². The van der Waals surface area contributed by atoms with Crippen molar-refractivity contribution >= 4 is 35.3 Å². The van der Waals surface area contributed by atoms with E-state index in [2.05, 4.69) is 20.7 Å². The van der Waals surface area contributed by atoms with Crippen LogP contribution in [0.25, 0.3) is 11.3 Å². The Morgan fingerprint density at radius 2 is 1.89 bits per heavy atom. The van der Waals surface area contributed by atoms with Gasteiger partial charge in [-0.3, -0.25) is 9.89 Å². The third kappa shape index (κ3) is 4.27. The number of halogens is 2. The first kappa shape index (κ1) is 19.7. The molecule has 9 heteroatoms. The molecule has 3 rings (SSSR count). The highest BCUT2D eigenvalue weighted by Crippen LogP contribution is 2.32. The van der Waals surface area contributed by atoms with E-state index in [1.807, 2.05) is 12.1 Å². The summed E-state index contributed by atoms with van der Waals surface area (Å²) < 4.78 is 10.6. The van der Waals surface area contributed by atoms with Crippen LogP contribution in [0.5, 0.6) is 11.5 Å². The molecule has 0 saturated carbocycles. The molecule has 1 aromatic heterocycles. The third-order valence-electron chi connectivity index (χ3n) is 3.89. The average Bonchev–Trinajstić information content (AvgIpc) is 3.17. The van der Waals surface area contributed by atoms with Gasteiger partial charge in [0.05, 0.1) is 42.4 Å². The molecule has 0 atom stereocenters. The van der Waals surface area contributed by atoms with Crippen LogP contribution in [0.4, 0.5) is 0 Å². The number of rotatable bonds is 6. The fraction of sp³-hybridized carbons (Fsp3) is 0.105. The number of nitrogens with zero attached hydrogens (tertiary/aromatic N) is 2. The van der Waals surface area contributed by atoms with E-state index in [0.717, 1.165) is 5.56 Å². The van der Waals surface area contributed by atoms with Crippen LogP contribution in [0.2, 0.25) is 10.0 Å². The number of aromatic amines is 1. The first-order valence-corrected chi connectivity index (χ1v) is 8.83. The molecule has 144 valence electrons. The van der Waals surface area contributed by atoms with Crippen molar-refractivity contribution in [1.82, 2.24) is 15.6 Å². The number of amides is 1. The van der Waals surface area contributed by atoms with Crippen LogP contribution >= 0.6 is 23.2 Å². The number of hydrogen-bond donors (Lipinski definition) is 2. The molecule has 0 aliphatic heterocycles. The lowest BCUT2D eigenvalue weighted by Crippen LogP contribution is -2.17. The lowest BCUT2D eigenvalue weighted by Gasteiger charge is -2.09. The number of carbonyl (C=O) groups is 1. The molecule has 0 unspecified atom stereocenters. The van der Waals surface area contributed by atoms with Crippen molar-refractivity contribution in [3.63, 3.8) is 0 Å². The summed E-state index contributed by atoms with van der Waals surface area (Å²) in [5, 5.41) is 11.6. The van der Waals surface area contributed by atoms with Gasteiger partial charge in [-0.05, 0) is 36.4 Å². The number of methoxy groups -OCH3 is 2. The molecule has 28 heavy (non-hydrogen) atoms. The van der Waals surface area contributed by atoms with Gasteiger partial charge in [-0.15, -0.1) is 0 Å². The zero-order valence-electron chi connectivity index (χ0n) is 15.0. The van der Waals surface area contributed by atoms with Crippen molar-refractivity contribution in [1.29, 1.82) is 0 Å². The van der Waals surface area contributed by atoms with Gasteiger partial charge < -0.3 is 9.47 Å². The largest absolute Gasteiger partial charge is 0.493 e. The molecule has 0 aliphatic rings. The van der Waals surface area contributed by atoms with E-state index in [-0.39, 0.29) is 0 Å². The van der Waals surface area contributed by atoms with Crippen LogP contribution in [0.15, 0.2) is 47.7 Å². The summed E-state index contributed by atoms with van der Waals surface area (Å²) >= 11 is 11.8. The second-order valence-electron chi connectivity index (χ2n) is 5.60. The lowest BCUT2D eigenvalue weighted by atomic mass is 10.1. The molecule has 1 heterocycles. The number of hydrogen-bond acceptors (Lipinski definition) is 5. The number of H-pyrrole nitrogens is 1. The maximum atomic E-state index is 12.2. The Kier molecular flexibility index (Phi) is 6.18. The highest BCUT2D eigenvalue weighted by Gasteiger charge is 2.11. The van der Waals surface area contributed by atoms with Crippen LogP contribution in [-0.2, 0) is 0 Å². The van der Waals surface area contributed by atoms with E-state index >= 15 is 0 Å². The smallest absolute Gasteiger partial charge is 0.271 e. The monoisotopic (exact) mass is 418 g/mol. The van der Waals surface area contributed by atoms with Crippen LogP contribution in [0.3, 0.4) is 0 Å². The number of benzene rings is 2. The highest BCUT2D eigenvalue weighted by molar-refractivity contribution is 6.42. The fourth-order valence-corrected chi connectivity index (χ4v) is 2.78. The summed E-state index contributed by atoms with van der Waals surface area (Å²) in [4.78, 5) is 12.2. The standard InChI is InChI=1S/C19H16Cl2N4O3/c1-27-16-6-4-11(8-17(16)28-2)18-13(9-22-24-18)10-23-25-19(26)12-3-5-14(20)15(21)7-12/h3-10H,1-2H3,(H,22,24)(H,25,26)/b23-10-. The van der Waals surface area contributed by atoms with Gasteiger partial charge in [0, 0.05) is 16.7 Å². The molecule has 0 saturated heterocycles. The minimum atomic E-state index is -0.411. The van der Waals surface area contributed by atoms with Crippen LogP contribution < -0.4 is 14.9 Å². The summed E-state index contributed by atoms with van der Waals surface area (Å²) in [6, 6.07) is 10.1. The zero-order chi connectivity index (χ0) is 20.1. The van der Waals surface area contributed by atoms with Gasteiger partial charge in [0.1, 0.15) is 0 Å². The van der Waals surface area contributed by atoms with Gasteiger partial charge in [-0.1, -0.05) is 23.2 Å². The second kappa shape index (κ2) is 8.77. The molecule has 0 spiro atoms. The van der Waals surface area contributed by atoms with Gasteiger partial charge in [-0.25, -0.2) is 5.43 Å². The van der Waals surface area contributed by atoms with Gasteiger partial charge in [0.2, 0.25) is 0 Å². The second-order valence-corrected chi connectivity index (χ2v) is 6.41. The van der Waals surface area contributed by atoms with E-state index in [9.17, 15) is 4.79 Å². The zero-order valence-corrected chi connectivity index (χ0v) is 16.5. The fourth-order valence-electron chi connectivity index (χ4n) is 2.48. The quantitative estimate of drug-likeness (QED) is 0.464. The van der Waals surface area contributed by atoms with Crippen molar-refractivity contribution in [2.75, 3.05) is 14.2 Å². The molecule has 0 bridgehead atoms. The van der Waals surface area contributed by atoms with Crippen LogP contribution in [0.1, 0.15) is 15.9 Å². The van der Waals surface area contributed by atoms with E-state index in [4.69, 9.17) is 32.7 Å². The Labute approximate surface area is 171 Å². The minimum Gasteiger partial charge on any atom is -0.493 e. The van der Waals surface area contributed by atoms with E-state index in [1.165, 1.54) is 12.3 Å². The van der Waals surface area contributed by atoms with Crippen molar-refractivity contribution in [2.24, 2.45) is 5.10 Å². The van der Waals surface area contributed by atoms with Gasteiger partial charge in [0.25, 0.3) is 5.91 Å². The maximum absolute atomic E-state index is 12.2. The molecule has 0 aliphatic carbocycles. The van der Waals surface area contributed by atoms with Gasteiger partial charge >= 0.3 is 0 Å². The number of ether oxygens (including phenoxy) is 2. The molecule has 0 radical (unpaired) electrons. The Bertz CT molecular complexity index is 1030. The summed E-state index contributed by atoms with van der Waals surface area (Å²) in [7, 11) is 3.14. The van der Waals surface area contributed by atoms with E-state index in [1.54, 1.807) is 38.6 Å². The predicted octanol–water partition coefficient (Wildman–Crippen LogP) is 4.16. The molecule has 1 amide bonds. The first-order valence-electron chi connectivity index (χ1n) is 8.07. The Hall–Kier alpha value is -3.03. The number of carbonyl (C=O) groups excluding carboxylic acids is 1. The molecule has 3 aromatic rings. The Morgan fingerprint density at radius 3 is 2.61 bits per heavy atom. The summed E-state index contributed by atoms with van der Waals surface area (Å²) in [6.07, 6.45) is 3.09. The van der Waals surface area contributed by atoms with Crippen molar-refractivity contribution in [2.45, 2.75) is 0 Å². The Balaban J connectivity index is 1.77. The molecular formula is C19H16Cl2N4O3. The van der Waals surface area contributed by atoms with Gasteiger partial charge in [-0.2, -0.15) is 10.2 Å². The lowest BCUT2D eigenvalue weighted by molar-refractivity contribution is 0.0955. The number of aromatic nitrogens is 2. The average molecular weight is 419 g/mol. The summed E-state index contributed by atoms with van der Waals surface area (Å²) in [6.45, 7) is 0. The minimum absolute atomic E-state index is 0.295. The number of nitrogens with one attached hydrogen (secondary N) is 2. The topological polar surface area (TPSA) is 88.6 Å². The predicted molar refractivity (Wildman–Crippen MR) is 109 cm³/mol. The van der Waals surface area contributed by atoms with Crippen LogP contribution in [-0.4, -0.2) is 36.5 Å². The third-order valence-corrected chi connectivity index (χ3v) is 4.63. The first-order chi connectivity index (χ1) is 13.5. The maximum Gasteiger partial charge on any atom is 0.271 e.